The molecule has 4 heteroatoms. The highest BCUT2D eigenvalue weighted by Crippen LogP contribution is 2.21. The number of fused-ring (bicyclic) bond motifs is 1. The minimum Gasteiger partial charge on any atom is -0.327 e. The first-order chi connectivity index (χ1) is 7.34. The van der Waals surface area contributed by atoms with Crippen LogP contribution in [0.15, 0.2) is 30.7 Å². The van der Waals surface area contributed by atoms with Gasteiger partial charge in [0.15, 0.2) is 11.6 Å². The summed E-state index contributed by atoms with van der Waals surface area (Å²) >= 11 is 0. The molecule has 1 aliphatic heterocycles. The molecule has 0 amide bonds. The van der Waals surface area contributed by atoms with Crippen LogP contribution in [0.4, 0.5) is 0 Å². The summed E-state index contributed by atoms with van der Waals surface area (Å²) in [7, 11) is 0. The number of imidazole rings is 1. The summed E-state index contributed by atoms with van der Waals surface area (Å²) in [6, 6.07) is 3.78. The Balaban J connectivity index is 2.09. The van der Waals surface area contributed by atoms with E-state index >= 15 is 0 Å². The van der Waals surface area contributed by atoms with E-state index in [-0.39, 0.29) is 5.78 Å². The van der Waals surface area contributed by atoms with E-state index in [1.807, 2.05) is 22.9 Å². The average molecular weight is 199 g/mol. The van der Waals surface area contributed by atoms with Gasteiger partial charge in [-0.05, 0) is 12.1 Å². The Kier molecular flexibility index (Phi) is 1.68. The number of rotatable bonds is 1. The van der Waals surface area contributed by atoms with Gasteiger partial charge in [0.2, 0.25) is 0 Å². The molecule has 0 saturated carbocycles. The summed E-state index contributed by atoms with van der Waals surface area (Å²) < 4.78 is 1.91. The fourth-order valence-electron chi connectivity index (χ4n) is 1.80. The standard InChI is InChI=1S/C11H9N3O/c15-10-3-6-14-7-9(13-11(10)14)8-1-4-12-5-2-8/h1-2,4-5,7H,3,6H2. The van der Waals surface area contributed by atoms with Crippen molar-refractivity contribution in [3.8, 4) is 11.3 Å². The number of pyridine rings is 1. The number of Topliss-reactive ketones (excluding diaryl/α,β-unsaturated/α-hetero) is 1. The van der Waals surface area contributed by atoms with Gasteiger partial charge >= 0.3 is 0 Å². The normalized spacial score (nSPS) is 14.3. The van der Waals surface area contributed by atoms with Crippen LogP contribution >= 0.6 is 0 Å². The second-order valence-electron chi connectivity index (χ2n) is 3.55. The molecule has 4 nitrogen and oxygen atoms in total. The highest BCUT2D eigenvalue weighted by molar-refractivity contribution is 5.95. The molecule has 74 valence electrons. The first-order valence-electron chi connectivity index (χ1n) is 4.85. The van der Waals surface area contributed by atoms with Crippen molar-refractivity contribution in [2.24, 2.45) is 0 Å². The van der Waals surface area contributed by atoms with Crippen LogP contribution in [0.25, 0.3) is 11.3 Å². The van der Waals surface area contributed by atoms with E-state index in [0.717, 1.165) is 17.8 Å². The van der Waals surface area contributed by atoms with E-state index in [0.29, 0.717) is 12.2 Å². The van der Waals surface area contributed by atoms with Gasteiger partial charge in [-0.25, -0.2) is 4.98 Å². The van der Waals surface area contributed by atoms with Gasteiger partial charge in [-0.15, -0.1) is 0 Å². The van der Waals surface area contributed by atoms with Crippen LogP contribution < -0.4 is 0 Å². The summed E-state index contributed by atoms with van der Waals surface area (Å²) in [6.45, 7) is 0.756. The van der Waals surface area contributed by atoms with E-state index in [1.165, 1.54) is 0 Å². The first-order valence-corrected chi connectivity index (χ1v) is 4.85. The van der Waals surface area contributed by atoms with Gasteiger partial charge in [-0.1, -0.05) is 0 Å². The van der Waals surface area contributed by atoms with E-state index in [2.05, 4.69) is 9.97 Å². The molecule has 0 N–H and O–H groups in total. The van der Waals surface area contributed by atoms with Gasteiger partial charge in [0.05, 0.1) is 5.69 Å². The molecular weight excluding hydrogens is 190 g/mol. The maximum absolute atomic E-state index is 11.4. The molecule has 0 spiro atoms. The van der Waals surface area contributed by atoms with Crippen molar-refractivity contribution in [2.45, 2.75) is 13.0 Å². The summed E-state index contributed by atoms with van der Waals surface area (Å²) in [5.74, 6) is 0.720. The Labute approximate surface area is 86.6 Å². The van der Waals surface area contributed by atoms with Crippen LogP contribution in [-0.2, 0) is 6.54 Å². The molecule has 0 radical (unpaired) electrons. The van der Waals surface area contributed by atoms with Gasteiger partial charge in [-0.2, -0.15) is 0 Å². The number of hydrogen-bond acceptors (Lipinski definition) is 3. The monoisotopic (exact) mass is 199 g/mol. The third kappa shape index (κ3) is 1.26. The zero-order chi connectivity index (χ0) is 10.3. The molecule has 15 heavy (non-hydrogen) atoms. The smallest absolute Gasteiger partial charge is 0.200 e. The highest BCUT2D eigenvalue weighted by Gasteiger charge is 2.22. The Morgan fingerprint density at radius 1 is 1.27 bits per heavy atom. The molecule has 2 aromatic heterocycles. The van der Waals surface area contributed by atoms with E-state index < -0.39 is 0 Å². The second kappa shape index (κ2) is 3.02. The largest absolute Gasteiger partial charge is 0.327 e. The van der Waals surface area contributed by atoms with E-state index in [4.69, 9.17) is 0 Å². The average Bonchev–Trinajstić information content (AvgIpc) is 2.83. The van der Waals surface area contributed by atoms with Crippen molar-refractivity contribution in [3.63, 3.8) is 0 Å². The van der Waals surface area contributed by atoms with Crippen molar-refractivity contribution < 1.29 is 4.79 Å². The lowest BCUT2D eigenvalue weighted by Crippen LogP contribution is -1.94. The Hall–Kier alpha value is -1.97. The maximum Gasteiger partial charge on any atom is 0.200 e. The van der Waals surface area contributed by atoms with Gasteiger partial charge in [0, 0.05) is 37.1 Å². The number of aromatic nitrogens is 3. The van der Waals surface area contributed by atoms with Crippen LogP contribution in [0.2, 0.25) is 0 Å². The fourth-order valence-corrected chi connectivity index (χ4v) is 1.80. The number of nitrogens with zero attached hydrogens (tertiary/aromatic N) is 3. The summed E-state index contributed by atoms with van der Waals surface area (Å²) in [4.78, 5) is 19.7. The summed E-state index contributed by atoms with van der Waals surface area (Å²) in [5, 5.41) is 0. The molecular formula is C11H9N3O. The first kappa shape index (κ1) is 8.35. The Morgan fingerprint density at radius 3 is 2.80 bits per heavy atom. The number of carbonyl (C=O) groups excluding carboxylic acids is 1. The zero-order valence-electron chi connectivity index (χ0n) is 8.05. The zero-order valence-corrected chi connectivity index (χ0v) is 8.05. The lowest BCUT2D eigenvalue weighted by atomic mass is 10.2. The molecule has 0 aromatic carbocycles. The topological polar surface area (TPSA) is 47.8 Å². The minimum absolute atomic E-state index is 0.135. The van der Waals surface area contributed by atoms with Crippen LogP contribution in [-0.4, -0.2) is 20.3 Å². The molecule has 2 aromatic rings. The predicted molar refractivity (Wildman–Crippen MR) is 54.4 cm³/mol. The van der Waals surface area contributed by atoms with Crippen molar-refractivity contribution in [3.05, 3.63) is 36.5 Å². The molecule has 3 rings (SSSR count). The summed E-state index contributed by atoms with van der Waals surface area (Å²) in [6.07, 6.45) is 5.96. The number of carbonyl (C=O) groups is 1. The van der Waals surface area contributed by atoms with Crippen molar-refractivity contribution in [1.29, 1.82) is 0 Å². The third-order valence-corrected chi connectivity index (χ3v) is 2.58. The maximum atomic E-state index is 11.4. The lowest BCUT2D eigenvalue weighted by molar-refractivity contribution is 0.0990. The highest BCUT2D eigenvalue weighted by atomic mass is 16.1. The molecule has 1 aliphatic rings. The van der Waals surface area contributed by atoms with Crippen LogP contribution in [0.3, 0.4) is 0 Å². The predicted octanol–water partition coefficient (Wildman–Crippen LogP) is 1.53. The van der Waals surface area contributed by atoms with Gasteiger partial charge in [-0.3, -0.25) is 9.78 Å². The Morgan fingerprint density at radius 2 is 2.07 bits per heavy atom. The molecule has 0 unspecified atom stereocenters. The number of hydrogen-bond donors (Lipinski definition) is 0. The number of aryl methyl sites for hydroxylation is 1. The van der Waals surface area contributed by atoms with Gasteiger partial charge < -0.3 is 4.57 Å². The number of ketones is 1. The van der Waals surface area contributed by atoms with E-state index in [9.17, 15) is 4.79 Å². The summed E-state index contributed by atoms with van der Waals surface area (Å²) in [5.41, 5.74) is 1.85. The molecule has 0 bridgehead atoms. The van der Waals surface area contributed by atoms with Crippen molar-refractivity contribution in [1.82, 2.24) is 14.5 Å². The molecule has 0 fully saturated rings. The van der Waals surface area contributed by atoms with Gasteiger partial charge in [0.1, 0.15) is 0 Å². The molecule has 3 heterocycles. The van der Waals surface area contributed by atoms with Gasteiger partial charge in [0.25, 0.3) is 0 Å². The molecule has 0 saturated heterocycles. The van der Waals surface area contributed by atoms with Crippen LogP contribution in [0.1, 0.15) is 17.0 Å². The minimum atomic E-state index is 0.135. The van der Waals surface area contributed by atoms with Crippen LogP contribution in [0, 0.1) is 0 Å². The third-order valence-electron chi connectivity index (χ3n) is 2.58. The lowest BCUT2D eigenvalue weighted by Gasteiger charge is -1.94. The second-order valence-corrected chi connectivity index (χ2v) is 3.55. The molecule has 0 aliphatic carbocycles. The fraction of sp³-hybridized carbons (Fsp3) is 0.182. The van der Waals surface area contributed by atoms with Crippen molar-refractivity contribution >= 4 is 5.78 Å². The van der Waals surface area contributed by atoms with Crippen LogP contribution in [0.5, 0.6) is 0 Å². The SMILES string of the molecule is O=C1CCn2cc(-c3ccncc3)nc21. The molecule has 0 atom stereocenters. The van der Waals surface area contributed by atoms with Crippen molar-refractivity contribution in [2.75, 3.05) is 0 Å². The quantitative estimate of drug-likeness (QED) is 0.699. The van der Waals surface area contributed by atoms with E-state index in [1.54, 1.807) is 12.4 Å². The Bertz CT molecular complexity index is 516.